The maximum atomic E-state index is 10.9. The van der Waals surface area contributed by atoms with Crippen LogP contribution in [0.25, 0.3) is 10.9 Å². The molecule has 0 saturated heterocycles. The van der Waals surface area contributed by atoms with Crippen molar-refractivity contribution in [3.63, 3.8) is 0 Å². The third-order valence-electron chi connectivity index (χ3n) is 1.73. The topological polar surface area (TPSA) is 53.1 Å². The van der Waals surface area contributed by atoms with Crippen LogP contribution in [-0.2, 0) is 0 Å². The minimum Gasteiger partial charge on any atom is -0.507 e. The number of hydrogen-bond donors (Lipinski definition) is 2. The quantitative estimate of drug-likeness (QED) is 0.731. The van der Waals surface area contributed by atoms with Crippen molar-refractivity contribution in [3.05, 3.63) is 40.7 Å². The Morgan fingerprint density at radius 3 is 2.38 bits per heavy atom. The lowest BCUT2D eigenvalue weighted by Crippen LogP contribution is -2.02. The zero-order chi connectivity index (χ0) is 12.1. The lowest BCUT2D eigenvalue weighted by Gasteiger charge is -1.97. The molecule has 0 amide bonds. The highest BCUT2D eigenvalue weighted by Crippen LogP contribution is 2.19. The molecule has 1 aromatic heterocycles. The maximum absolute atomic E-state index is 10.9. The van der Waals surface area contributed by atoms with Gasteiger partial charge in [0.15, 0.2) is 0 Å². The summed E-state index contributed by atoms with van der Waals surface area (Å²) >= 11 is 0. The van der Waals surface area contributed by atoms with Crippen molar-refractivity contribution in [2.45, 2.75) is 6.68 Å². The monoisotopic (exact) mass is 231 g/mol. The Bertz CT molecular complexity index is 522. The first-order valence-electron chi connectivity index (χ1n) is 4.24. The number of para-hydroxylation sites is 1. The van der Waals surface area contributed by atoms with Gasteiger partial charge >= 0.3 is 6.68 Å². The van der Waals surface area contributed by atoms with E-state index in [1.54, 1.807) is 24.3 Å². The number of aromatic hydroxyl groups is 1. The molecule has 2 aromatic rings. The largest absolute Gasteiger partial charge is 0.507 e. The van der Waals surface area contributed by atoms with Gasteiger partial charge in [-0.15, -0.1) is 0 Å². The summed E-state index contributed by atoms with van der Waals surface area (Å²) in [7, 11) is 0. The Morgan fingerprint density at radius 1 is 1.19 bits per heavy atom. The molecule has 1 heterocycles. The fraction of sp³-hybridized carbons (Fsp3) is 0.100. The smallest absolute Gasteiger partial charge is 0.379 e. The van der Waals surface area contributed by atoms with Crippen molar-refractivity contribution in [1.82, 2.24) is 4.98 Å². The molecule has 0 unspecified atom stereocenters. The van der Waals surface area contributed by atoms with Crippen molar-refractivity contribution in [2.24, 2.45) is 0 Å². The number of hydrogen-bond acceptors (Lipinski definition) is 2. The summed E-state index contributed by atoms with van der Waals surface area (Å²) < 4.78 is 29.0. The molecule has 86 valence electrons. The summed E-state index contributed by atoms with van der Waals surface area (Å²) in [6.45, 7) is -3.67. The summed E-state index contributed by atoms with van der Waals surface area (Å²) in [5.41, 5.74) is 0.369. The highest BCUT2D eigenvalue weighted by molar-refractivity contribution is 5.84. The van der Waals surface area contributed by atoms with E-state index in [-0.39, 0.29) is 11.3 Å². The van der Waals surface area contributed by atoms with Crippen LogP contribution < -0.4 is 5.56 Å². The molecule has 0 radical (unpaired) electrons. The van der Waals surface area contributed by atoms with Crippen molar-refractivity contribution in [3.8, 4) is 5.75 Å². The van der Waals surface area contributed by atoms with Gasteiger partial charge in [-0.3, -0.25) is 4.79 Å². The van der Waals surface area contributed by atoms with E-state index in [4.69, 9.17) is 0 Å². The van der Waals surface area contributed by atoms with Gasteiger partial charge in [0.05, 0.1) is 5.52 Å². The number of rotatable bonds is 0. The molecule has 0 spiro atoms. The van der Waals surface area contributed by atoms with Crippen molar-refractivity contribution < 1.29 is 18.3 Å². The summed E-state index contributed by atoms with van der Waals surface area (Å²) in [4.78, 5) is 13.5. The molecule has 2 rings (SSSR count). The molecule has 0 aliphatic heterocycles. The normalized spacial score (nSPS) is 10.0. The third kappa shape index (κ3) is 3.30. The van der Waals surface area contributed by atoms with Gasteiger partial charge in [-0.25, -0.2) is 0 Å². The maximum Gasteiger partial charge on any atom is 0.379 e. The van der Waals surface area contributed by atoms with Crippen LogP contribution in [0.5, 0.6) is 5.75 Å². The second-order valence-corrected chi connectivity index (χ2v) is 2.81. The number of H-pyrrole nitrogens is 1. The zero-order valence-electron chi connectivity index (χ0n) is 7.95. The number of halogens is 3. The lowest BCUT2D eigenvalue weighted by molar-refractivity contribution is 0.00819. The van der Waals surface area contributed by atoms with Crippen LogP contribution in [0.1, 0.15) is 0 Å². The fourth-order valence-electron chi connectivity index (χ4n) is 1.19. The van der Waals surface area contributed by atoms with Crippen LogP contribution in [0.4, 0.5) is 13.2 Å². The van der Waals surface area contributed by atoms with Crippen LogP contribution >= 0.6 is 0 Å². The minimum absolute atomic E-state index is 0.0225. The molecular weight excluding hydrogens is 223 g/mol. The predicted molar refractivity (Wildman–Crippen MR) is 53.3 cm³/mol. The van der Waals surface area contributed by atoms with Crippen LogP contribution in [-0.4, -0.2) is 16.8 Å². The fourth-order valence-corrected chi connectivity index (χ4v) is 1.19. The van der Waals surface area contributed by atoms with E-state index in [0.29, 0.717) is 10.9 Å². The molecule has 0 atom stereocenters. The second kappa shape index (κ2) is 5.20. The first-order chi connectivity index (χ1) is 7.50. The van der Waals surface area contributed by atoms with Crippen LogP contribution in [0.2, 0.25) is 0 Å². The van der Waals surface area contributed by atoms with E-state index in [1.807, 2.05) is 0 Å². The van der Waals surface area contributed by atoms with E-state index in [2.05, 4.69) is 4.98 Å². The van der Waals surface area contributed by atoms with Crippen molar-refractivity contribution in [1.29, 1.82) is 0 Å². The van der Waals surface area contributed by atoms with Crippen molar-refractivity contribution >= 4 is 10.9 Å². The van der Waals surface area contributed by atoms with Gasteiger partial charge in [-0.1, -0.05) is 12.1 Å². The Balaban J connectivity index is 0.000000280. The number of benzene rings is 1. The average molecular weight is 231 g/mol. The number of pyridine rings is 1. The molecule has 0 aliphatic rings. The number of fused-ring (bicyclic) bond motifs is 1. The van der Waals surface area contributed by atoms with Gasteiger partial charge in [0, 0.05) is 11.5 Å². The van der Waals surface area contributed by atoms with Crippen LogP contribution in [0.15, 0.2) is 35.1 Å². The van der Waals surface area contributed by atoms with Gasteiger partial charge in [0.1, 0.15) is 5.75 Å². The summed E-state index contributed by atoms with van der Waals surface area (Å²) in [6, 6.07) is 8.28. The van der Waals surface area contributed by atoms with Gasteiger partial charge in [0.25, 0.3) is 5.56 Å². The van der Waals surface area contributed by atoms with E-state index in [0.717, 1.165) is 0 Å². The zero-order valence-corrected chi connectivity index (χ0v) is 7.95. The van der Waals surface area contributed by atoms with Gasteiger partial charge in [-0.2, -0.15) is 13.2 Å². The Kier molecular flexibility index (Phi) is 3.93. The SMILES string of the molecule is FC(F)F.O=c1cc(O)c2ccccc2[nH]1. The number of alkyl halides is 3. The first-order valence-corrected chi connectivity index (χ1v) is 4.24. The standard InChI is InChI=1S/C9H7NO2.CHF3/c11-8-5-9(12)10-7-4-2-1-3-6(7)8;2-1(3)4/h1-5H,(H2,10,11,12);1H. The lowest BCUT2D eigenvalue weighted by atomic mass is 10.2. The summed E-state index contributed by atoms with van der Waals surface area (Å²) in [5.74, 6) is 0.0225. The predicted octanol–water partition coefficient (Wildman–Crippen LogP) is 2.41. The Hall–Kier alpha value is -1.98. The Labute approximate surface area is 88.2 Å². The number of aromatic amines is 1. The number of aromatic nitrogens is 1. The molecule has 0 aliphatic carbocycles. The molecule has 3 nitrogen and oxygen atoms in total. The van der Waals surface area contributed by atoms with Gasteiger partial charge in [0.2, 0.25) is 0 Å². The molecule has 1 aromatic carbocycles. The minimum atomic E-state index is -3.67. The summed E-state index contributed by atoms with van der Waals surface area (Å²) in [6.07, 6.45) is 0. The molecule has 0 saturated carbocycles. The molecular formula is C10H8F3NO2. The molecule has 0 bridgehead atoms. The van der Waals surface area contributed by atoms with E-state index in [1.165, 1.54) is 6.07 Å². The highest BCUT2D eigenvalue weighted by atomic mass is 19.4. The molecule has 2 N–H and O–H groups in total. The van der Waals surface area contributed by atoms with E-state index >= 15 is 0 Å². The third-order valence-corrected chi connectivity index (χ3v) is 1.73. The van der Waals surface area contributed by atoms with Gasteiger partial charge in [-0.05, 0) is 12.1 Å². The van der Waals surface area contributed by atoms with Gasteiger partial charge < -0.3 is 10.1 Å². The molecule has 6 heteroatoms. The second-order valence-electron chi connectivity index (χ2n) is 2.81. The van der Waals surface area contributed by atoms with Crippen LogP contribution in [0.3, 0.4) is 0 Å². The highest BCUT2D eigenvalue weighted by Gasteiger charge is 1.98. The number of nitrogens with one attached hydrogen (secondary N) is 1. The Morgan fingerprint density at radius 2 is 1.75 bits per heavy atom. The van der Waals surface area contributed by atoms with E-state index in [9.17, 15) is 23.1 Å². The van der Waals surface area contributed by atoms with E-state index < -0.39 is 6.68 Å². The first kappa shape index (κ1) is 12.1. The molecule has 16 heavy (non-hydrogen) atoms. The van der Waals surface area contributed by atoms with Crippen molar-refractivity contribution in [2.75, 3.05) is 0 Å². The van der Waals surface area contributed by atoms with Crippen LogP contribution in [0, 0.1) is 0 Å². The molecule has 0 fully saturated rings. The summed E-state index contributed by atoms with van der Waals surface area (Å²) in [5, 5.41) is 10.00. The average Bonchev–Trinajstić information content (AvgIpc) is 2.16.